The molecule has 2 N–H and O–H groups in total. The van der Waals surface area contributed by atoms with Gasteiger partial charge in [-0.15, -0.1) is 0 Å². The molecule has 278 valence electrons. The normalized spacial score (nSPS) is 26.9. The van der Waals surface area contributed by atoms with Crippen molar-refractivity contribution in [2.45, 2.75) is 56.7 Å². The van der Waals surface area contributed by atoms with Crippen LogP contribution in [0, 0.1) is 23.7 Å². The molecule has 1 aromatic heterocycles. The first-order valence-corrected chi connectivity index (χ1v) is 18.1. The zero-order valence-corrected chi connectivity index (χ0v) is 30.6. The molecular weight excluding hydrogens is 744 g/mol. The van der Waals surface area contributed by atoms with Crippen molar-refractivity contribution in [2.24, 2.45) is 23.7 Å². The Morgan fingerprint density at radius 2 is 1.61 bits per heavy atom. The maximum atomic E-state index is 15.4. The summed E-state index contributed by atoms with van der Waals surface area (Å²) in [6.07, 6.45) is -2.18. The molecule has 4 aromatic rings. The van der Waals surface area contributed by atoms with Crippen molar-refractivity contribution < 1.29 is 37.5 Å². The molecule has 1 saturated carbocycles. The summed E-state index contributed by atoms with van der Waals surface area (Å²) >= 11 is 12.6. The Bertz CT molecular complexity index is 2330. The van der Waals surface area contributed by atoms with Gasteiger partial charge in [0.1, 0.15) is 5.75 Å². The summed E-state index contributed by atoms with van der Waals surface area (Å²) in [5.74, 6) is -7.20. The summed E-state index contributed by atoms with van der Waals surface area (Å²) in [5.41, 5.74) is 0.225. The largest absolute Gasteiger partial charge is 0.507 e. The lowest BCUT2D eigenvalue weighted by Crippen LogP contribution is -2.53. The first-order valence-electron chi connectivity index (χ1n) is 17.4. The number of aromatic hydroxyl groups is 1. The first kappa shape index (κ1) is 36.1. The van der Waals surface area contributed by atoms with E-state index in [2.05, 4.69) is 10.4 Å². The second-order valence-electron chi connectivity index (χ2n) is 15.3. The second kappa shape index (κ2) is 12.3. The van der Waals surface area contributed by atoms with E-state index in [1.807, 2.05) is 18.2 Å². The van der Waals surface area contributed by atoms with Gasteiger partial charge in [-0.1, -0.05) is 83.4 Å². The minimum absolute atomic E-state index is 0.0333. The van der Waals surface area contributed by atoms with Crippen molar-refractivity contribution >= 4 is 63.4 Å². The number of pyridine rings is 1. The zero-order chi connectivity index (χ0) is 38.6. The maximum absolute atomic E-state index is 15.4. The fourth-order valence-electron chi connectivity index (χ4n) is 9.29. The number of anilines is 1. The summed E-state index contributed by atoms with van der Waals surface area (Å²) in [5, 5.41) is 13.9. The summed E-state index contributed by atoms with van der Waals surface area (Å²) in [4.78, 5) is 63.6. The number of allylic oxidation sites excluding steroid dienone is 2. The number of halogens is 5. The smallest absolute Gasteiger partial charge is 0.417 e. The SMILES string of the molecule is CC(C)(C)N1C(=O)C2CC=C3C(CC4C(=O)N(Nc5ncc(C(F)(F)F)cc5Cl)C(=O)C4(c4ccc(Cl)cc4)C3c3ccc4ccccc4c3O)C2C1=O. The number of hydrazine groups is 1. The van der Waals surface area contributed by atoms with E-state index in [-0.39, 0.29) is 36.2 Å². The number of hydrogen-bond acceptors (Lipinski definition) is 7. The molecule has 0 radical (unpaired) electrons. The average Bonchev–Trinajstić information content (AvgIpc) is 3.50. The van der Waals surface area contributed by atoms with E-state index >= 15 is 4.79 Å². The number of likely N-dealkylation sites (tertiary alicyclic amines) is 1. The number of aromatic nitrogens is 1. The number of phenolic OH excluding ortho intramolecular Hbond substituents is 1. The van der Waals surface area contributed by atoms with Crippen LogP contribution in [0.3, 0.4) is 0 Å². The first-order chi connectivity index (χ1) is 25.5. The average molecular weight is 778 g/mol. The molecule has 2 aliphatic heterocycles. The van der Waals surface area contributed by atoms with Crippen LogP contribution in [-0.4, -0.2) is 49.2 Å². The molecule has 0 spiro atoms. The number of imide groups is 2. The third kappa shape index (κ3) is 5.16. The molecule has 9 nitrogen and oxygen atoms in total. The van der Waals surface area contributed by atoms with E-state index in [9.17, 15) is 32.7 Å². The molecule has 8 rings (SSSR count). The van der Waals surface area contributed by atoms with E-state index in [4.69, 9.17) is 23.2 Å². The number of amides is 4. The fraction of sp³-hybridized carbons (Fsp3) is 0.325. The van der Waals surface area contributed by atoms with Crippen LogP contribution in [0.15, 0.2) is 84.6 Å². The predicted molar refractivity (Wildman–Crippen MR) is 194 cm³/mol. The molecule has 0 bridgehead atoms. The van der Waals surface area contributed by atoms with Gasteiger partial charge in [-0.05, 0) is 68.7 Å². The highest BCUT2D eigenvalue weighted by atomic mass is 35.5. The Hall–Kier alpha value is -4.94. The number of alkyl halides is 3. The lowest BCUT2D eigenvalue weighted by Gasteiger charge is -2.50. The maximum Gasteiger partial charge on any atom is 0.417 e. The molecule has 4 aliphatic rings. The fourth-order valence-corrected chi connectivity index (χ4v) is 9.63. The number of benzene rings is 3. The number of nitrogens with zero attached hydrogens (tertiary/aromatic N) is 3. The third-order valence-corrected chi connectivity index (χ3v) is 12.0. The molecule has 3 fully saturated rings. The topological polar surface area (TPSA) is 120 Å². The van der Waals surface area contributed by atoms with Crippen molar-refractivity contribution in [3.05, 3.63) is 111 Å². The number of carbonyl (C=O) groups excluding carboxylic acids is 4. The predicted octanol–water partition coefficient (Wildman–Crippen LogP) is 8.05. The molecule has 54 heavy (non-hydrogen) atoms. The van der Waals surface area contributed by atoms with E-state index in [0.717, 1.165) is 10.4 Å². The lowest BCUT2D eigenvalue weighted by molar-refractivity contribution is -0.146. The molecule has 3 aromatic carbocycles. The second-order valence-corrected chi connectivity index (χ2v) is 16.2. The van der Waals surface area contributed by atoms with Crippen molar-refractivity contribution in [3.8, 4) is 5.75 Å². The van der Waals surface area contributed by atoms with Crippen LogP contribution in [0.5, 0.6) is 5.75 Å². The van der Waals surface area contributed by atoms with Gasteiger partial charge >= 0.3 is 6.18 Å². The van der Waals surface area contributed by atoms with E-state index in [0.29, 0.717) is 39.4 Å². The van der Waals surface area contributed by atoms with E-state index < -0.39 is 69.1 Å². The molecular formula is C40H33Cl2F3N4O5. The minimum Gasteiger partial charge on any atom is -0.507 e. The van der Waals surface area contributed by atoms with Crippen LogP contribution >= 0.6 is 23.2 Å². The molecule has 4 amide bonds. The number of rotatable bonds is 4. The molecule has 3 heterocycles. The monoisotopic (exact) mass is 776 g/mol. The molecule has 2 aliphatic carbocycles. The molecule has 14 heteroatoms. The Morgan fingerprint density at radius 3 is 2.28 bits per heavy atom. The Kier molecular flexibility index (Phi) is 8.21. The van der Waals surface area contributed by atoms with Gasteiger partial charge < -0.3 is 5.11 Å². The third-order valence-electron chi connectivity index (χ3n) is 11.5. The Labute approximate surface area is 317 Å². The number of nitrogens with one attached hydrogen (secondary N) is 1. The summed E-state index contributed by atoms with van der Waals surface area (Å²) < 4.78 is 40.5. The van der Waals surface area contributed by atoms with E-state index in [1.165, 1.54) is 4.90 Å². The Balaban J connectivity index is 1.36. The van der Waals surface area contributed by atoms with Crippen LogP contribution in [0.25, 0.3) is 10.8 Å². The van der Waals surface area contributed by atoms with Gasteiger partial charge in [0, 0.05) is 33.6 Å². The van der Waals surface area contributed by atoms with Crippen LogP contribution in [0.1, 0.15) is 56.2 Å². The van der Waals surface area contributed by atoms with Crippen LogP contribution < -0.4 is 5.43 Å². The molecule has 6 unspecified atom stereocenters. The zero-order valence-electron chi connectivity index (χ0n) is 29.1. The van der Waals surface area contributed by atoms with Crippen LogP contribution in [-0.2, 0) is 30.8 Å². The van der Waals surface area contributed by atoms with Gasteiger partial charge in [-0.2, -0.15) is 18.2 Å². The highest BCUT2D eigenvalue weighted by Crippen LogP contribution is 2.65. The molecule has 6 atom stereocenters. The highest BCUT2D eigenvalue weighted by Gasteiger charge is 2.71. The van der Waals surface area contributed by atoms with Gasteiger partial charge in [0.2, 0.25) is 11.8 Å². The van der Waals surface area contributed by atoms with Crippen molar-refractivity contribution in [1.29, 1.82) is 0 Å². The van der Waals surface area contributed by atoms with Gasteiger partial charge in [-0.3, -0.25) is 29.5 Å². The standard InChI is InChI=1S/C40H33Cl2F3N4O5/c1-38(2,3)48-34(51)25-15-14-24-27(30(25)36(48)53)17-28-35(52)49(47-33-29(42)16-21(18-46-33)40(43,44)45)37(54)39(28,20-9-11-22(41)12-10-20)31(24)26-13-8-19-6-4-5-7-23(19)32(26)50/h4-14,16,18,25,27-28,30-31,50H,15,17H2,1-3H3,(H,46,47). The van der Waals surface area contributed by atoms with Crippen molar-refractivity contribution in [3.63, 3.8) is 0 Å². The van der Waals surface area contributed by atoms with Crippen LogP contribution in [0.2, 0.25) is 10.0 Å². The Morgan fingerprint density at radius 1 is 0.907 bits per heavy atom. The summed E-state index contributed by atoms with van der Waals surface area (Å²) in [6, 6.07) is 17.7. The highest BCUT2D eigenvalue weighted by molar-refractivity contribution is 6.33. The number of phenols is 1. The van der Waals surface area contributed by atoms with Crippen molar-refractivity contribution in [2.75, 3.05) is 5.43 Å². The van der Waals surface area contributed by atoms with Crippen LogP contribution in [0.4, 0.5) is 19.0 Å². The van der Waals surface area contributed by atoms with Gasteiger partial charge in [0.05, 0.1) is 33.8 Å². The minimum atomic E-state index is -4.75. The quantitative estimate of drug-likeness (QED) is 0.159. The summed E-state index contributed by atoms with van der Waals surface area (Å²) in [6.45, 7) is 5.33. The summed E-state index contributed by atoms with van der Waals surface area (Å²) in [7, 11) is 0. The van der Waals surface area contributed by atoms with Gasteiger partial charge in [-0.25, -0.2) is 4.98 Å². The van der Waals surface area contributed by atoms with E-state index in [1.54, 1.807) is 69.3 Å². The number of hydrogen-bond donors (Lipinski definition) is 2. The number of carbonyl (C=O) groups is 4. The lowest BCUT2D eigenvalue weighted by atomic mass is 9.49. The van der Waals surface area contributed by atoms with Gasteiger partial charge in [0.15, 0.2) is 5.82 Å². The molecule has 2 saturated heterocycles. The van der Waals surface area contributed by atoms with Gasteiger partial charge in [0.25, 0.3) is 11.8 Å². The number of fused-ring (bicyclic) bond motifs is 5. The van der Waals surface area contributed by atoms with Crippen molar-refractivity contribution in [1.82, 2.24) is 14.9 Å².